The third-order valence-corrected chi connectivity index (χ3v) is 7.12. The number of halogens is 3. The fraction of sp³-hybridized carbons (Fsp3) is 0.0833. The Morgan fingerprint density at radius 2 is 1.84 bits per heavy atom. The van der Waals surface area contributed by atoms with E-state index in [0.29, 0.717) is 25.0 Å². The van der Waals surface area contributed by atoms with Crippen LogP contribution in [0.5, 0.6) is 5.75 Å². The van der Waals surface area contributed by atoms with Crippen molar-refractivity contribution in [3.8, 4) is 5.75 Å². The van der Waals surface area contributed by atoms with E-state index in [1.54, 1.807) is 23.1 Å². The molecule has 4 rings (SSSR count). The first-order valence-electron chi connectivity index (χ1n) is 9.53. The first-order chi connectivity index (χ1) is 15.3. The van der Waals surface area contributed by atoms with E-state index in [1.165, 1.54) is 11.8 Å². The van der Waals surface area contributed by atoms with Gasteiger partial charge >= 0.3 is 0 Å². The maximum Gasteiger partial charge on any atom is 0.270 e. The summed E-state index contributed by atoms with van der Waals surface area (Å²) in [4.78, 5) is 15.2. The van der Waals surface area contributed by atoms with Gasteiger partial charge in [0.05, 0.1) is 10.6 Å². The van der Waals surface area contributed by atoms with Crippen LogP contribution < -0.4 is 9.64 Å². The number of ether oxygens (including phenoxy) is 1. The monoisotopic (exact) mass is 563 g/mol. The lowest BCUT2D eigenvalue weighted by molar-refractivity contribution is -0.113. The van der Waals surface area contributed by atoms with E-state index in [2.05, 4.69) is 15.9 Å². The number of hydrogen-bond donors (Lipinski definition) is 0. The summed E-state index contributed by atoms with van der Waals surface area (Å²) in [5, 5.41) is 1.11. The number of carbonyl (C=O) groups excluding carboxylic acids is 1. The Labute approximate surface area is 214 Å². The van der Waals surface area contributed by atoms with Crippen molar-refractivity contribution in [3.63, 3.8) is 0 Å². The number of benzene rings is 3. The topological polar surface area (TPSA) is 29.5 Å². The minimum absolute atomic E-state index is 0.157. The molecule has 162 valence electrons. The van der Waals surface area contributed by atoms with Crippen molar-refractivity contribution in [2.24, 2.45) is 0 Å². The number of rotatable bonds is 5. The molecule has 3 aromatic rings. The van der Waals surface area contributed by atoms with E-state index in [1.807, 2.05) is 55.5 Å². The molecular weight excluding hydrogens is 549 g/mol. The lowest BCUT2D eigenvalue weighted by atomic mass is 10.1. The summed E-state index contributed by atoms with van der Waals surface area (Å²) in [5.41, 5.74) is 3.44. The van der Waals surface area contributed by atoms with Crippen LogP contribution in [-0.2, 0) is 11.4 Å². The number of nitrogens with zero attached hydrogens (tertiary/aromatic N) is 1. The van der Waals surface area contributed by atoms with Gasteiger partial charge in [-0.2, -0.15) is 0 Å². The zero-order valence-corrected chi connectivity index (χ0v) is 21.5. The Morgan fingerprint density at radius 3 is 2.56 bits per heavy atom. The molecule has 0 saturated carbocycles. The fourth-order valence-electron chi connectivity index (χ4n) is 3.08. The molecule has 1 heterocycles. The molecule has 0 bridgehead atoms. The van der Waals surface area contributed by atoms with Crippen molar-refractivity contribution in [1.82, 2.24) is 0 Å². The van der Waals surface area contributed by atoms with Gasteiger partial charge in [0.25, 0.3) is 5.91 Å². The molecule has 0 aromatic heterocycles. The zero-order chi connectivity index (χ0) is 22.8. The Kier molecular flexibility index (Phi) is 7.27. The lowest BCUT2D eigenvalue weighted by Gasteiger charge is -2.14. The number of aryl methyl sites for hydroxylation is 1. The van der Waals surface area contributed by atoms with Crippen molar-refractivity contribution >= 4 is 85.1 Å². The highest BCUT2D eigenvalue weighted by Crippen LogP contribution is 2.38. The molecule has 1 aliphatic heterocycles. The van der Waals surface area contributed by atoms with E-state index in [-0.39, 0.29) is 12.5 Å². The Morgan fingerprint density at radius 1 is 1.09 bits per heavy atom. The predicted molar refractivity (Wildman–Crippen MR) is 142 cm³/mol. The van der Waals surface area contributed by atoms with Crippen LogP contribution in [0.3, 0.4) is 0 Å². The predicted octanol–water partition coefficient (Wildman–Crippen LogP) is 8.05. The maximum atomic E-state index is 13.1. The van der Waals surface area contributed by atoms with E-state index in [9.17, 15) is 4.79 Å². The number of thioether (sulfide) groups is 1. The molecule has 1 saturated heterocycles. The molecule has 1 aliphatic rings. The number of thiocarbonyl (C=S) groups is 1. The van der Waals surface area contributed by atoms with Crippen molar-refractivity contribution in [2.75, 3.05) is 4.90 Å². The van der Waals surface area contributed by atoms with Gasteiger partial charge in [0, 0.05) is 25.6 Å². The molecule has 0 aliphatic carbocycles. The van der Waals surface area contributed by atoms with E-state index in [0.717, 1.165) is 26.9 Å². The fourth-order valence-corrected chi connectivity index (χ4v) is 5.21. The van der Waals surface area contributed by atoms with Crippen LogP contribution in [0.15, 0.2) is 70.0 Å². The highest BCUT2D eigenvalue weighted by atomic mass is 79.9. The first kappa shape index (κ1) is 23.3. The summed E-state index contributed by atoms with van der Waals surface area (Å²) in [6.07, 6.45) is 1.80. The van der Waals surface area contributed by atoms with Crippen molar-refractivity contribution in [2.45, 2.75) is 13.5 Å². The van der Waals surface area contributed by atoms with E-state index in [4.69, 9.17) is 40.2 Å². The number of anilines is 1. The van der Waals surface area contributed by atoms with Gasteiger partial charge in [0.1, 0.15) is 12.4 Å². The van der Waals surface area contributed by atoms with Crippen LogP contribution in [-0.4, -0.2) is 10.2 Å². The molecule has 0 radical (unpaired) electrons. The molecule has 1 amide bonds. The van der Waals surface area contributed by atoms with Crippen molar-refractivity contribution < 1.29 is 9.53 Å². The summed E-state index contributed by atoms with van der Waals surface area (Å²) in [6, 6.07) is 18.6. The molecule has 0 N–H and O–H groups in total. The van der Waals surface area contributed by atoms with Gasteiger partial charge in [0.2, 0.25) is 0 Å². The van der Waals surface area contributed by atoms with Gasteiger partial charge in [-0.3, -0.25) is 9.69 Å². The normalized spacial score (nSPS) is 15.0. The minimum atomic E-state index is -0.157. The van der Waals surface area contributed by atoms with Crippen LogP contribution in [0.1, 0.15) is 16.7 Å². The van der Waals surface area contributed by atoms with Crippen molar-refractivity contribution in [3.05, 3.63) is 96.8 Å². The zero-order valence-electron chi connectivity index (χ0n) is 16.8. The molecule has 0 atom stereocenters. The molecule has 0 spiro atoms. The molecule has 8 heteroatoms. The van der Waals surface area contributed by atoms with E-state index < -0.39 is 0 Å². The molecule has 3 aromatic carbocycles. The number of carbonyl (C=O) groups is 1. The second kappa shape index (κ2) is 9.98. The smallest absolute Gasteiger partial charge is 0.270 e. The lowest BCUT2D eigenvalue weighted by Crippen LogP contribution is -2.27. The first-order valence-corrected chi connectivity index (χ1v) is 12.3. The van der Waals surface area contributed by atoms with Gasteiger partial charge in [-0.15, -0.1) is 0 Å². The van der Waals surface area contributed by atoms with Crippen LogP contribution >= 0.6 is 63.1 Å². The quantitative estimate of drug-likeness (QED) is 0.231. The SMILES string of the molecule is Cc1ccc(N2C(=O)/C(=C\c3cc(Br)ccc3OCc3ccc(Cl)cc3Cl)SC2=S)cc1. The number of hydrogen-bond acceptors (Lipinski definition) is 4. The average Bonchev–Trinajstić information content (AvgIpc) is 3.02. The Balaban J connectivity index is 1.60. The maximum absolute atomic E-state index is 13.1. The van der Waals surface area contributed by atoms with Crippen molar-refractivity contribution in [1.29, 1.82) is 0 Å². The molecule has 32 heavy (non-hydrogen) atoms. The standard InChI is InChI=1S/C24H16BrCl2NO2S2/c1-14-2-7-19(8-3-14)28-23(29)22(32-24(28)31)11-16-10-17(25)5-9-21(16)30-13-15-4-6-18(26)12-20(15)27/h2-12H,13H2,1H3/b22-11+. The average molecular weight is 565 g/mol. The van der Waals surface area contributed by atoms with Gasteiger partial charge in [-0.05, 0) is 55.5 Å². The highest BCUT2D eigenvalue weighted by molar-refractivity contribution is 9.10. The Hall–Kier alpha value is -1.83. The summed E-state index contributed by atoms with van der Waals surface area (Å²) >= 11 is 22.5. The molecule has 1 fully saturated rings. The third kappa shape index (κ3) is 5.21. The summed E-state index contributed by atoms with van der Waals surface area (Å²) in [6.45, 7) is 2.27. The number of amides is 1. The van der Waals surface area contributed by atoms with Crippen LogP contribution in [0, 0.1) is 6.92 Å². The van der Waals surface area contributed by atoms with Crippen LogP contribution in [0.25, 0.3) is 6.08 Å². The molecular formula is C24H16BrCl2NO2S2. The van der Waals surface area contributed by atoms with Gasteiger partial charge < -0.3 is 4.74 Å². The van der Waals surface area contributed by atoms with Gasteiger partial charge in [0.15, 0.2) is 4.32 Å². The second-order valence-electron chi connectivity index (χ2n) is 7.06. The highest BCUT2D eigenvalue weighted by Gasteiger charge is 2.33. The summed E-state index contributed by atoms with van der Waals surface area (Å²) in [5.74, 6) is 0.468. The van der Waals surface area contributed by atoms with Gasteiger partial charge in [-0.1, -0.05) is 86.9 Å². The summed E-state index contributed by atoms with van der Waals surface area (Å²) < 4.78 is 7.40. The van der Waals surface area contributed by atoms with Crippen LogP contribution in [0.4, 0.5) is 5.69 Å². The largest absolute Gasteiger partial charge is 0.488 e. The molecule has 0 unspecified atom stereocenters. The second-order valence-corrected chi connectivity index (χ2v) is 10.5. The van der Waals surface area contributed by atoms with Gasteiger partial charge in [-0.25, -0.2) is 0 Å². The van der Waals surface area contributed by atoms with E-state index >= 15 is 0 Å². The molecule has 3 nitrogen and oxygen atoms in total. The minimum Gasteiger partial charge on any atom is -0.488 e. The third-order valence-electron chi connectivity index (χ3n) is 4.74. The summed E-state index contributed by atoms with van der Waals surface area (Å²) in [7, 11) is 0. The van der Waals surface area contributed by atoms with Crippen LogP contribution in [0.2, 0.25) is 10.0 Å². The Bertz CT molecular complexity index is 1250.